The molecule has 1 fully saturated rings. The molecule has 3 rings (SSSR count). The van der Waals surface area contributed by atoms with E-state index in [1.165, 1.54) is 11.3 Å². The predicted octanol–water partition coefficient (Wildman–Crippen LogP) is 3.49. The van der Waals surface area contributed by atoms with Gasteiger partial charge in [-0.25, -0.2) is 0 Å². The minimum absolute atomic E-state index is 0.0450. The van der Waals surface area contributed by atoms with Crippen LogP contribution in [-0.2, 0) is 4.79 Å². The minimum atomic E-state index is 0.0450. The number of hydrogen-bond donors (Lipinski definition) is 0. The molecule has 1 saturated heterocycles. The van der Waals surface area contributed by atoms with Crippen molar-refractivity contribution in [3.05, 3.63) is 58.6 Å². The van der Waals surface area contributed by atoms with Crippen molar-refractivity contribution in [3.8, 4) is 5.75 Å². The van der Waals surface area contributed by atoms with Gasteiger partial charge in [0.2, 0.25) is 0 Å². The minimum Gasteiger partial charge on any atom is -0.484 e. The summed E-state index contributed by atoms with van der Waals surface area (Å²) >= 11 is 3.58. The molecule has 4 nitrogen and oxygen atoms in total. The molecule has 0 atom stereocenters. The summed E-state index contributed by atoms with van der Waals surface area (Å²) in [4.78, 5) is 16.5. The number of carbonyl (C=O) groups excluding carboxylic acids is 1. The van der Waals surface area contributed by atoms with Crippen molar-refractivity contribution in [1.29, 1.82) is 0 Å². The molecule has 1 amide bonds. The molecule has 1 aliphatic heterocycles. The molecule has 126 valence electrons. The largest absolute Gasteiger partial charge is 0.484 e. The number of piperazine rings is 1. The molecular formula is C19H21BrN2O2. The Bertz CT molecular complexity index is 698. The predicted molar refractivity (Wildman–Crippen MR) is 99.6 cm³/mol. The smallest absolute Gasteiger partial charge is 0.260 e. The second-order valence-electron chi connectivity index (χ2n) is 5.90. The van der Waals surface area contributed by atoms with Crippen LogP contribution < -0.4 is 9.64 Å². The number of halogens is 1. The average Bonchev–Trinajstić information content (AvgIpc) is 2.63. The van der Waals surface area contributed by atoms with Crippen LogP contribution >= 0.6 is 15.9 Å². The topological polar surface area (TPSA) is 32.8 Å². The Hall–Kier alpha value is -2.01. The summed E-state index contributed by atoms with van der Waals surface area (Å²) < 4.78 is 6.67. The Morgan fingerprint density at radius 2 is 1.79 bits per heavy atom. The first kappa shape index (κ1) is 16.8. The van der Waals surface area contributed by atoms with E-state index in [1.54, 1.807) is 0 Å². The maximum absolute atomic E-state index is 12.3. The summed E-state index contributed by atoms with van der Waals surface area (Å²) in [5.41, 5.74) is 2.42. The van der Waals surface area contributed by atoms with Crippen molar-refractivity contribution in [1.82, 2.24) is 4.90 Å². The fourth-order valence-electron chi connectivity index (χ4n) is 2.75. The molecule has 0 saturated carbocycles. The number of benzene rings is 2. The third kappa shape index (κ3) is 4.09. The molecule has 24 heavy (non-hydrogen) atoms. The van der Waals surface area contributed by atoms with Crippen LogP contribution in [0.15, 0.2) is 53.0 Å². The lowest BCUT2D eigenvalue weighted by Gasteiger charge is -2.36. The van der Waals surface area contributed by atoms with Gasteiger partial charge in [-0.05, 0) is 36.8 Å². The Morgan fingerprint density at radius 3 is 2.46 bits per heavy atom. The SMILES string of the molecule is Cc1ccc(N2CCN(C(=O)COc3ccccc3)CC2)cc1Br. The van der Waals surface area contributed by atoms with E-state index in [0.29, 0.717) is 0 Å². The van der Waals surface area contributed by atoms with Gasteiger partial charge in [0.15, 0.2) is 6.61 Å². The van der Waals surface area contributed by atoms with Gasteiger partial charge >= 0.3 is 0 Å². The molecule has 0 radical (unpaired) electrons. The lowest BCUT2D eigenvalue weighted by Crippen LogP contribution is -2.50. The summed E-state index contributed by atoms with van der Waals surface area (Å²) in [7, 11) is 0. The highest BCUT2D eigenvalue weighted by atomic mass is 79.9. The number of ether oxygens (including phenoxy) is 1. The van der Waals surface area contributed by atoms with Gasteiger partial charge in [0, 0.05) is 36.3 Å². The van der Waals surface area contributed by atoms with Gasteiger partial charge in [-0.1, -0.05) is 40.2 Å². The molecule has 2 aromatic carbocycles. The van der Waals surface area contributed by atoms with Crippen molar-refractivity contribution < 1.29 is 9.53 Å². The summed E-state index contributed by atoms with van der Waals surface area (Å²) in [6.07, 6.45) is 0. The van der Waals surface area contributed by atoms with Gasteiger partial charge < -0.3 is 14.5 Å². The van der Waals surface area contributed by atoms with Crippen LogP contribution in [0.2, 0.25) is 0 Å². The number of hydrogen-bond acceptors (Lipinski definition) is 3. The quantitative estimate of drug-likeness (QED) is 0.803. The second kappa shape index (κ2) is 7.71. The van der Waals surface area contributed by atoms with Gasteiger partial charge in [0.05, 0.1) is 0 Å². The van der Waals surface area contributed by atoms with Crippen LogP contribution in [0.3, 0.4) is 0 Å². The average molecular weight is 389 g/mol. The van der Waals surface area contributed by atoms with E-state index in [2.05, 4.69) is 46.0 Å². The van der Waals surface area contributed by atoms with Gasteiger partial charge in [-0.3, -0.25) is 4.79 Å². The fraction of sp³-hybridized carbons (Fsp3) is 0.316. The first-order chi connectivity index (χ1) is 11.6. The molecule has 0 bridgehead atoms. The number of para-hydroxylation sites is 1. The molecule has 2 aromatic rings. The molecule has 1 heterocycles. The maximum Gasteiger partial charge on any atom is 0.260 e. The fourth-order valence-corrected chi connectivity index (χ4v) is 3.11. The van der Waals surface area contributed by atoms with E-state index in [1.807, 2.05) is 35.2 Å². The Kier molecular flexibility index (Phi) is 5.41. The monoisotopic (exact) mass is 388 g/mol. The Labute approximate surface area is 151 Å². The van der Waals surface area contributed by atoms with Gasteiger partial charge in [-0.15, -0.1) is 0 Å². The summed E-state index contributed by atoms with van der Waals surface area (Å²) in [6.45, 7) is 5.31. The number of rotatable bonds is 4. The first-order valence-electron chi connectivity index (χ1n) is 8.10. The molecule has 0 unspecified atom stereocenters. The lowest BCUT2D eigenvalue weighted by atomic mass is 10.2. The second-order valence-corrected chi connectivity index (χ2v) is 6.76. The zero-order chi connectivity index (χ0) is 16.9. The standard InChI is InChI=1S/C19H21BrN2O2/c1-15-7-8-16(13-18(15)20)21-9-11-22(12-10-21)19(23)14-24-17-5-3-2-4-6-17/h2-8,13H,9-12,14H2,1H3. The highest BCUT2D eigenvalue weighted by molar-refractivity contribution is 9.10. The maximum atomic E-state index is 12.3. The van der Waals surface area contributed by atoms with Crippen LogP contribution in [-0.4, -0.2) is 43.6 Å². The van der Waals surface area contributed by atoms with Gasteiger partial charge in [-0.2, -0.15) is 0 Å². The van der Waals surface area contributed by atoms with E-state index in [-0.39, 0.29) is 12.5 Å². The van der Waals surface area contributed by atoms with E-state index in [4.69, 9.17) is 4.74 Å². The van der Waals surface area contributed by atoms with Crippen LogP contribution in [0, 0.1) is 6.92 Å². The summed E-state index contributed by atoms with van der Waals surface area (Å²) in [5, 5.41) is 0. The van der Waals surface area contributed by atoms with Crippen molar-refractivity contribution in [2.45, 2.75) is 6.92 Å². The van der Waals surface area contributed by atoms with Crippen LogP contribution in [0.4, 0.5) is 5.69 Å². The van der Waals surface area contributed by atoms with E-state index >= 15 is 0 Å². The van der Waals surface area contributed by atoms with Crippen molar-refractivity contribution in [2.75, 3.05) is 37.7 Å². The molecule has 0 aromatic heterocycles. The highest BCUT2D eigenvalue weighted by Crippen LogP contribution is 2.24. The van der Waals surface area contributed by atoms with E-state index < -0.39 is 0 Å². The van der Waals surface area contributed by atoms with Crippen molar-refractivity contribution >= 4 is 27.5 Å². The zero-order valence-electron chi connectivity index (χ0n) is 13.7. The number of amides is 1. The Morgan fingerprint density at radius 1 is 1.08 bits per heavy atom. The summed E-state index contributed by atoms with van der Waals surface area (Å²) in [6, 6.07) is 15.8. The Balaban J connectivity index is 1.51. The molecule has 0 N–H and O–H groups in total. The van der Waals surface area contributed by atoms with Gasteiger partial charge in [0.1, 0.15) is 5.75 Å². The van der Waals surface area contributed by atoms with E-state index in [0.717, 1.165) is 36.4 Å². The van der Waals surface area contributed by atoms with Crippen LogP contribution in [0.25, 0.3) is 0 Å². The third-order valence-corrected chi connectivity index (χ3v) is 5.11. The summed E-state index contributed by atoms with van der Waals surface area (Å²) in [5.74, 6) is 0.776. The molecule has 5 heteroatoms. The normalized spacial score (nSPS) is 14.6. The number of nitrogens with zero attached hydrogens (tertiary/aromatic N) is 2. The van der Waals surface area contributed by atoms with Crippen molar-refractivity contribution in [2.24, 2.45) is 0 Å². The van der Waals surface area contributed by atoms with Crippen LogP contribution in [0.5, 0.6) is 5.75 Å². The third-order valence-electron chi connectivity index (χ3n) is 4.26. The first-order valence-corrected chi connectivity index (χ1v) is 8.89. The van der Waals surface area contributed by atoms with Gasteiger partial charge in [0.25, 0.3) is 5.91 Å². The molecule has 0 aliphatic carbocycles. The zero-order valence-corrected chi connectivity index (χ0v) is 15.3. The lowest BCUT2D eigenvalue weighted by molar-refractivity contribution is -0.133. The van der Waals surface area contributed by atoms with Crippen molar-refractivity contribution in [3.63, 3.8) is 0 Å². The molecule has 1 aliphatic rings. The number of aryl methyl sites for hydroxylation is 1. The molecule has 0 spiro atoms. The number of anilines is 1. The molecular weight excluding hydrogens is 368 g/mol. The van der Waals surface area contributed by atoms with Crippen LogP contribution in [0.1, 0.15) is 5.56 Å². The highest BCUT2D eigenvalue weighted by Gasteiger charge is 2.21. The van der Waals surface area contributed by atoms with E-state index in [9.17, 15) is 4.79 Å². The number of carbonyl (C=O) groups is 1.